The quantitative estimate of drug-likeness (QED) is 0.497. The van der Waals surface area contributed by atoms with Crippen molar-refractivity contribution < 1.29 is 4.84 Å². The fourth-order valence-electron chi connectivity index (χ4n) is 2.08. The summed E-state index contributed by atoms with van der Waals surface area (Å²) in [5.74, 6) is 0.668. The first-order valence-electron chi connectivity index (χ1n) is 4.57. The molecule has 1 unspecified atom stereocenters. The van der Waals surface area contributed by atoms with Gasteiger partial charge in [0.05, 0.1) is 15.2 Å². The molecular formula is C9H23NOSi. The van der Waals surface area contributed by atoms with Crippen molar-refractivity contribution in [1.82, 2.24) is 5.06 Å². The molecule has 0 N–H and O–H groups in total. The summed E-state index contributed by atoms with van der Waals surface area (Å²) >= 11 is 0. The Labute approximate surface area is 77.9 Å². The van der Waals surface area contributed by atoms with Crippen molar-refractivity contribution in [2.24, 2.45) is 5.92 Å². The third kappa shape index (κ3) is 3.25. The highest BCUT2D eigenvalue weighted by Crippen LogP contribution is 2.20. The van der Waals surface area contributed by atoms with Crippen LogP contribution in [0.4, 0.5) is 0 Å². The molecule has 0 aliphatic rings. The normalized spacial score (nSPS) is 15.8. The Morgan fingerprint density at radius 2 is 1.58 bits per heavy atom. The molecule has 3 heteroatoms. The molecule has 0 fully saturated rings. The Hall–Kier alpha value is 0.137. The lowest BCUT2D eigenvalue weighted by Gasteiger charge is -2.38. The fraction of sp³-hybridized carbons (Fsp3) is 1.00. The molecule has 0 aromatic carbocycles. The van der Waals surface area contributed by atoms with Gasteiger partial charge in [0.25, 0.3) is 0 Å². The summed E-state index contributed by atoms with van der Waals surface area (Å²) < 4.78 is 0. The maximum absolute atomic E-state index is 5.27. The van der Waals surface area contributed by atoms with Crippen molar-refractivity contribution in [1.29, 1.82) is 0 Å². The van der Waals surface area contributed by atoms with E-state index in [1.807, 2.05) is 12.1 Å². The zero-order valence-corrected chi connectivity index (χ0v) is 10.5. The molecule has 0 heterocycles. The van der Waals surface area contributed by atoms with Crippen LogP contribution in [0.5, 0.6) is 0 Å². The van der Waals surface area contributed by atoms with E-state index < -0.39 is 8.07 Å². The van der Waals surface area contributed by atoms with Gasteiger partial charge in [0.2, 0.25) is 0 Å². The monoisotopic (exact) mass is 189 g/mol. The summed E-state index contributed by atoms with van der Waals surface area (Å²) in [5.41, 5.74) is 0.600. The van der Waals surface area contributed by atoms with Crippen LogP contribution in [-0.2, 0) is 4.84 Å². The Bertz CT molecular complexity index is 131. The van der Waals surface area contributed by atoms with Crippen LogP contribution < -0.4 is 0 Å². The van der Waals surface area contributed by atoms with Crippen LogP contribution in [0.1, 0.15) is 13.8 Å². The number of hydrogen-bond donors (Lipinski definition) is 0. The van der Waals surface area contributed by atoms with Crippen LogP contribution in [0.2, 0.25) is 19.6 Å². The number of hydroxylamine groups is 2. The first-order chi connectivity index (χ1) is 5.30. The summed E-state index contributed by atoms with van der Waals surface area (Å²) in [4.78, 5) is 5.27. The van der Waals surface area contributed by atoms with Crippen molar-refractivity contribution in [3.8, 4) is 0 Å². The summed E-state index contributed by atoms with van der Waals surface area (Å²) in [7, 11) is 2.64. The van der Waals surface area contributed by atoms with E-state index in [4.69, 9.17) is 4.84 Å². The summed E-state index contributed by atoms with van der Waals surface area (Å²) in [6.07, 6.45) is 0. The van der Waals surface area contributed by atoms with Gasteiger partial charge in [-0.1, -0.05) is 33.5 Å². The second kappa shape index (κ2) is 4.39. The van der Waals surface area contributed by atoms with Crippen LogP contribution in [0.3, 0.4) is 0 Å². The first-order valence-corrected chi connectivity index (χ1v) is 8.15. The van der Waals surface area contributed by atoms with E-state index in [-0.39, 0.29) is 0 Å². The highest BCUT2D eigenvalue weighted by molar-refractivity contribution is 6.77. The third-order valence-electron chi connectivity index (χ3n) is 2.20. The summed E-state index contributed by atoms with van der Waals surface area (Å²) in [5, 5.41) is 2.01. The molecule has 0 radical (unpaired) electrons. The molecule has 0 aliphatic carbocycles. The van der Waals surface area contributed by atoms with Crippen molar-refractivity contribution in [2.75, 3.05) is 14.2 Å². The molecule has 74 valence electrons. The molecule has 0 aromatic heterocycles. The molecule has 0 aromatic rings. The van der Waals surface area contributed by atoms with Crippen molar-refractivity contribution >= 4 is 8.07 Å². The number of nitrogens with zero attached hydrogens (tertiary/aromatic N) is 1. The molecule has 0 amide bonds. The van der Waals surface area contributed by atoms with Gasteiger partial charge in [-0.2, -0.15) is 5.06 Å². The maximum Gasteiger partial charge on any atom is 0.0672 e. The molecule has 0 saturated carbocycles. The molecule has 12 heavy (non-hydrogen) atoms. The minimum atomic E-state index is -1.13. The van der Waals surface area contributed by atoms with Gasteiger partial charge in [0.1, 0.15) is 0 Å². The maximum atomic E-state index is 5.27. The summed E-state index contributed by atoms with van der Waals surface area (Å²) in [6.45, 7) is 11.7. The lowest BCUT2D eigenvalue weighted by Crippen LogP contribution is -2.52. The average Bonchev–Trinajstić information content (AvgIpc) is 1.83. The first kappa shape index (κ1) is 12.1. The number of rotatable bonds is 4. The third-order valence-corrected chi connectivity index (χ3v) is 5.00. The molecule has 0 spiro atoms. The molecule has 0 aliphatic heterocycles. The molecule has 0 rings (SSSR count). The van der Waals surface area contributed by atoms with E-state index in [0.717, 1.165) is 0 Å². The topological polar surface area (TPSA) is 12.5 Å². The summed E-state index contributed by atoms with van der Waals surface area (Å²) in [6, 6.07) is 0. The highest BCUT2D eigenvalue weighted by Gasteiger charge is 2.32. The smallest absolute Gasteiger partial charge is 0.0672 e. The van der Waals surface area contributed by atoms with Gasteiger partial charge in [-0.25, -0.2) is 0 Å². The van der Waals surface area contributed by atoms with E-state index in [1.165, 1.54) is 0 Å². The molecule has 2 nitrogen and oxygen atoms in total. The molecular weight excluding hydrogens is 166 g/mol. The van der Waals surface area contributed by atoms with Gasteiger partial charge in [-0.15, -0.1) is 0 Å². The standard InChI is InChI=1S/C9H23NOSi/c1-8(2)9(10(3)11-4)12(5,6)7/h8-9H,1-7H3. The SMILES string of the molecule is CON(C)C(C(C)C)[Si](C)(C)C. The van der Waals surface area contributed by atoms with Crippen LogP contribution in [0.15, 0.2) is 0 Å². The Morgan fingerprint density at radius 1 is 1.17 bits per heavy atom. The van der Waals surface area contributed by atoms with Gasteiger partial charge in [0, 0.05) is 12.7 Å². The van der Waals surface area contributed by atoms with Gasteiger partial charge in [0.15, 0.2) is 0 Å². The highest BCUT2D eigenvalue weighted by atomic mass is 28.3. The van der Waals surface area contributed by atoms with Crippen LogP contribution in [0.25, 0.3) is 0 Å². The van der Waals surface area contributed by atoms with Gasteiger partial charge in [-0.05, 0) is 5.92 Å². The minimum Gasteiger partial charge on any atom is -0.303 e. The molecule has 0 bridgehead atoms. The zero-order chi connectivity index (χ0) is 9.94. The van der Waals surface area contributed by atoms with Gasteiger partial charge in [-0.3, -0.25) is 0 Å². The van der Waals surface area contributed by atoms with Crippen molar-refractivity contribution in [3.63, 3.8) is 0 Å². The second-order valence-corrected chi connectivity index (χ2v) is 10.1. The van der Waals surface area contributed by atoms with E-state index in [2.05, 4.69) is 33.5 Å². The number of hydrogen-bond acceptors (Lipinski definition) is 2. The van der Waals surface area contributed by atoms with E-state index in [9.17, 15) is 0 Å². The fourth-order valence-corrected chi connectivity index (χ4v) is 5.28. The second-order valence-electron chi connectivity index (χ2n) is 4.78. The van der Waals surface area contributed by atoms with Crippen LogP contribution in [0, 0.1) is 5.92 Å². The average molecular weight is 189 g/mol. The Balaban J connectivity index is 4.44. The lowest BCUT2D eigenvalue weighted by atomic mass is 10.2. The largest absolute Gasteiger partial charge is 0.303 e. The van der Waals surface area contributed by atoms with E-state index in [1.54, 1.807) is 7.11 Å². The lowest BCUT2D eigenvalue weighted by molar-refractivity contribution is -0.131. The molecule has 1 atom stereocenters. The van der Waals surface area contributed by atoms with Gasteiger partial charge >= 0.3 is 0 Å². The van der Waals surface area contributed by atoms with E-state index >= 15 is 0 Å². The Kier molecular flexibility index (Phi) is 4.44. The zero-order valence-electron chi connectivity index (χ0n) is 9.51. The van der Waals surface area contributed by atoms with Crippen LogP contribution >= 0.6 is 0 Å². The van der Waals surface area contributed by atoms with Crippen LogP contribution in [-0.4, -0.2) is 33.0 Å². The minimum absolute atomic E-state index is 0.600. The van der Waals surface area contributed by atoms with E-state index in [0.29, 0.717) is 11.6 Å². The van der Waals surface area contributed by atoms with Crippen molar-refractivity contribution in [2.45, 2.75) is 39.2 Å². The molecule has 0 saturated heterocycles. The van der Waals surface area contributed by atoms with Crippen molar-refractivity contribution in [3.05, 3.63) is 0 Å². The predicted octanol–water partition coefficient (Wildman–Crippen LogP) is 2.38. The van der Waals surface area contributed by atoms with Gasteiger partial charge < -0.3 is 4.84 Å². The predicted molar refractivity (Wildman–Crippen MR) is 56.7 cm³/mol. The Morgan fingerprint density at radius 3 is 1.67 bits per heavy atom.